The summed E-state index contributed by atoms with van der Waals surface area (Å²) in [6, 6.07) is 0.437. The summed E-state index contributed by atoms with van der Waals surface area (Å²) >= 11 is 0. The minimum Gasteiger partial charge on any atom is -0.343 e. The fourth-order valence-corrected chi connectivity index (χ4v) is 2.59. The molecule has 0 saturated carbocycles. The van der Waals surface area contributed by atoms with Crippen molar-refractivity contribution in [3.05, 3.63) is 0 Å². The lowest BCUT2D eigenvalue weighted by Crippen LogP contribution is -2.67. The number of piperidine rings is 1. The van der Waals surface area contributed by atoms with E-state index in [0.717, 1.165) is 32.5 Å². The molecule has 2 heterocycles. The highest BCUT2D eigenvalue weighted by Crippen LogP contribution is 2.25. The molecule has 2 rings (SSSR count). The van der Waals surface area contributed by atoms with Gasteiger partial charge in [-0.15, -0.1) is 24.8 Å². The summed E-state index contributed by atoms with van der Waals surface area (Å²) in [5.74, 6) is 0.275. The van der Waals surface area contributed by atoms with Crippen molar-refractivity contribution >= 4 is 30.7 Å². The van der Waals surface area contributed by atoms with Crippen LogP contribution >= 0.6 is 24.8 Å². The number of carbonyl (C=O) groups excluding carboxylic acids is 1. The molecule has 2 atom stereocenters. The maximum atomic E-state index is 12.1. The highest BCUT2D eigenvalue weighted by atomic mass is 35.5. The average molecular weight is 270 g/mol. The van der Waals surface area contributed by atoms with Crippen LogP contribution in [0.1, 0.15) is 19.8 Å². The van der Waals surface area contributed by atoms with Crippen LogP contribution in [0.3, 0.4) is 0 Å². The van der Waals surface area contributed by atoms with Crippen LogP contribution in [-0.2, 0) is 4.79 Å². The van der Waals surface area contributed by atoms with Crippen LogP contribution in [0.4, 0.5) is 0 Å². The molecule has 0 aromatic carbocycles. The molecule has 1 spiro atoms. The zero-order valence-corrected chi connectivity index (χ0v) is 11.4. The molecule has 2 aliphatic rings. The standard InChI is InChI=1S/C10H19N3O.2ClH/c1-8-7-10(3-4-11-8)9(14)13(2)6-5-12-10;;/h8,11-12H,3-7H2,1-2H3;2*1H. The van der Waals surface area contributed by atoms with Crippen LogP contribution in [0.25, 0.3) is 0 Å². The molecule has 2 N–H and O–H groups in total. The van der Waals surface area contributed by atoms with E-state index in [9.17, 15) is 4.79 Å². The maximum absolute atomic E-state index is 12.1. The van der Waals surface area contributed by atoms with Gasteiger partial charge in [0.1, 0.15) is 5.54 Å². The zero-order chi connectivity index (χ0) is 10.2. The fraction of sp³-hybridized carbons (Fsp3) is 0.900. The molecular weight excluding hydrogens is 249 g/mol. The highest BCUT2D eigenvalue weighted by Gasteiger charge is 2.44. The second-order valence-electron chi connectivity index (χ2n) is 4.54. The predicted octanol–water partition coefficient (Wildman–Crippen LogP) is 0.402. The third kappa shape index (κ3) is 2.80. The minimum absolute atomic E-state index is 0. The number of hydrogen-bond acceptors (Lipinski definition) is 3. The number of rotatable bonds is 0. The summed E-state index contributed by atoms with van der Waals surface area (Å²) in [7, 11) is 1.90. The van der Waals surface area contributed by atoms with E-state index in [0.29, 0.717) is 6.04 Å². The molecule has 0 aromatic rings. The van der Waals surface area contributed by atoms with Crippen molar-refractivity contribution in [1.29, 1.82) is 0 Å². The number of nitrogens with one attached hydrogen (secondary N) is 2. The smallest absolute Gasteiger partial charge is 0.242 e. The van der Waals surface area contributed by atoms with E-state index < -0.39 is 0 Å². The quantitative estimate of drug-likeness (QED) is 0.670. The van der Waals surface area contributed by atoms with E-state index in [4.69, 9.17) is 0 Å². The van der Waals surface area contributed by atoms with E-state index in [1.165, 1.54) is 0 Å². The van der Waals surface area contributed by atoms with Crippen LogP contribution in [-0.4, -0.2) is 49.1 Å². The Morgan fingerprint density at radius 3 is 2.69 bits per heavy atom. The lowest BCUT2D eigenvalue weighted by Gasteiger charge is -2.45. The van der Waals surface area contributed by atoms with Gasteiger partial charge in [-0.2, -0.15) is 0 Å². The van der Waals surface area contributed by atoms with E-state index in [-0.39, 0.29) is 36.3 Å². The normalized spacial score (nSPS) is 34.2. The minimum atomic E-state index is -0.266. The third-order valence-electron chi connectivity index (χ3n) is 3.37. The Labute approximate surface area is 109 Å². The molecule has 0 bridgehead atoms. The number of likely N-dealkylation sites (N-methyl/N-ethyl adjacent to an activating group) is 1. The first-order valence-corrected chi connectivity index (χ1v) is 5.38. The third-order valence-corrected chi connectivity index (χ3v) is 3.37. The van der Waals surface area contributed by atoms with Gasteiger partial charge in [0, 0.05) is 26.2 Å². The number of halogens is 2. The number of amides is 1. The van der Waals surface area contributed by atoms with Crippen molar-refractivity contribution in [2.24, 2.45) is 0 Å². The molecule has 2 saturated heterocycles. The van der Waals surface area contributed by atoms with Gasteiger partial charge in [-0.05, 0) is 26.3 Å². The SMILES string of the molecule is CC1CC2(CCN1)NCCN(C)C2=O.Cl.Cl. The van der Waals surface area contributed by atoms with Crippen LogP contribution in [0.15, 0.2) is 0 Å². The van der Waals surface area contributed by atoms with E-state index in [2.05, 4.69) is 17.6 Å². The molecular formula is C10H21Cl2N3O. The van der Waals surface area contributed by atoms with Gasteiger partial charge >= 0.3 is 0 Å². The van der Waals surface area contributed by atoms with Crippen molar-refractivity contribution in [3.8, 4) is 0 Å². The summed E-state index contributed by atoms with van der Waals surface area (Å²) in [6.07, 6.45) is 1.83. The van der Waals surface area contributed by atoms with Crippen molar-refractivity contribution in [3.63, 3.8) is 0 Å². The van der Waals surface area contributed by atoms with Crippen LogP contribution < -0.4 is 10.6 Å². The second kappa shape index (κ2) is 6.05. The summed E-state index contributed by atoms with van der Waals surface area (Å²) in [4.78, 5) is 13.9. The largest absolute Gasteiger partial charge is 0.343 e. The summed E-state index contributed by atoms with van der Waals surface area (Å²) < 4.78 is 0. The van der Waals surface area contributed by atoms with Gasteiger partial charge in [0.15, 0.2) is 0 Å². The monoisotopic (exact) mass is 269 g/mol. The Morgan fingerprint density at radius 1 is 1.38 bits per heavy atom. The molecule has 16 heavy (non-hydrogen) atoms. The maximum Gasteiger partial charge on any atom is 0.242 e. The Morgan fingerprint density at radius 2 is 2.06 bits per heavy atom. The lowest BCUT2D eigenvalue weighted by molar-refractivity contribution is -0.141. The zero-order valence-electron chi connectivity index (χ0n) is 9.78. The topological polar surface area (TPSA) is 44.4 Å². The van der Waals surface area contributed by atoms with Gasteiger partial charge < -0.3 is 15.5 Å². The Bertz CT molecular complexity index is 246. The van der Waals surface area contributed by atoms with Crippen molar-refractivity contribution in [2.75, 3.05) is 26.7 Å². The van der Waals surface area contributed by atoms with Crippen LogP contribution in [0, 0.1) is 0 Å². The van der Waals surface area contributed by atoms with Gasteiger partial charge in [0.25, 0.3) is 0 Å². The van der Waals surface area contributed by atoms with Gasteiger partial charge in [-0.25, -0.2) is 0 Å². The van der Waals surface area contributed by atoms with Gasteiger partial charge in [-0.1, -0.05) is 0 Å². The number of carbonyl (C=O) groups is 1. The Kier molecular flexibility index (Phi) is 6.04. The first-order valence-electron chi connectivity index (χ1n) is 5.38. The van der Waals surface area contributed by atoms with Gasteiger partial charge in [-0.3, -0.25) is 4.79 Å². The van der Waals surface area contributed by atoms with Crippen LogP contribution in [0.5, 0.6) is 0 Å². The number of nitrogens with zero attached hydrogens (tertiary/aromatic N) is 1. The van der Waals surface area contributed by atoms with Crippen molar-refractivity contribution < 1.29 is 4.79 Å². The summed E-state index contributed by atoms with van der Waals surface area (Å²) in [5, 5.41) is 6.79. The summed E-state index contributed by atoms with van der Waals surface area (Å²) in [5.41, 5.74) is -0.266. The fourth-order valence-electron chi connectivity index (χ4n) is 2.59. The highest BCUT2D eigenvalue weighted by molar-refractivity contribution is 5.87. The molecule has 1 amide bonds. The molecule has 4 nitrogen and oxygen atoms in total. The molecule has 2 fully saturated rings. The van der Waals surface area contributed by atoms with Crippen molar-refractivity contribution in [2.45, 2.75) is 31.3 Å². The van der Waals surface area contributed by atoms with Gasteiger partial charge in [0.05, 0.1) is 0 Å². The van der Waals surface area contributed by atoms with Crippen LogP contribution in [0.2, 0.25) is 0 Å². The lowest BCUT2D eigenvalue weighted by atomic mass is 9.82. The molecule has 0 aromatic heterocycles. The molecule has 0 aliphatic carbocycles. The Balaban J connectivity index is 0.00000112. The molecule has 96 valence electrons. The average Bonchev–Trinajstić information content (AvgIpc) is 2.14. The predicted molar refractivity (Wildman–Crippen MR) is 69.6 cm³/mol. The van der Waals surface area contributed by atoms with E-state index in [1.54, 1.807) is 0 Å². The molecule has 0 radical (unpaired) electrons. The van der Waals surface area contributed by atoms with E-state index >= 15 is 0 Å². The number of hydrogen-bond donors (Lipinski definition) is 2. The first-order chi connectivity index (χ1) is 6.64. The molecule has 6 heteroatoms. The second-order valence-corrected chi connectivity index (χ2v) is 4.54. The van der Waals surface area contributed by atoms with E-state index in [1.807, 2.05) is 11.9 Å². The molecule has 2 unspecified atom stereocenters. The first kappa shape index (κ1) is 16.0. The summed E-state index contributed by atoms with van der Waals surface area (Å²) in [6.45, 7) is 4.84. The Hall–Kier alpha value is -0.0300. The molecule has 2 aliphatic heterocycles. The van der Waals surface area contributed by atoms with Gasteiger partial charge in [0.2, 0.25) is 5.91 Å². The van der Waals surface area contributed by atoms with Crippen molar-refractivity contribution in [1.82, 2.24) is 15.5 Å². The number of piperazine rings is 1.